The van der Waals surface area contributed by atoms with Crippen molar-refractivity contribution in [1.82, 2.24) is 9.55 Å². The molecule has 1 unspecified atom stereocenters. The molecule has 1 N–H and O–H groups in total. The van der Waals surface area contributed by atoms with Crippen LogP contribution in [0.2, 0.25) is 0 Å². The van der Waals surface area contributed by atoms with E-state index in [0.29, 0.717) is 17.9 Å². The van der Waals surface area contributed by atoms with E-state index in [1.807, 2.05) is 96.4 Å². The lowest BCUT2D eigenvalue weighted by Crippen LogP contribution is -2.35. The number of fused-ring (bicyclic) bond motifs is 1. The van der Waals surface area contributed by atoms with Crippen molar-refractivity contribution in [1.29, 1.82) is 0 Å². The van der Waals surface area contributed by atoms with Crippen LogP contribution in [0.1, 0.15) is 39.8 Å². The molecular formula is C30H30N2O5. The van der Waals surface area contributed by atoms with E-state index >= 15 is 0 Å². The van der Waals surface area contributed by atoms with Gasteiger partial charge in [-0.2, -0.15) is 0 Å². The maximum Gasteiger partial charge on any atom is 0.335 e. The molecule has 0 saturated carbocycles. The molecule has 2 atom stereocenters. The number of carbonyl (C=O) groups excluding carboxylic acids is 1. The predicted octanol–water partition coefficient (Wildman–Crippen LogP) is 5.29. The van der Waals surface area contributed by atoms with Gasteiger partial charge >= 0.3 is 5.97 Å². The molecule has 1 heterocycles. The molecule has 0 bridgehead atoms. The minimum atomic E-state index is -1.06. The first-order valence-corrected chi connectivity index (χ1v) is 12.1. The number of ketones is 1. The number of aliphatic carboxylic acids is 1. The van der Waals surface area contributed by atoms with Crippen molar-refractivity contribution in [3.05, 3.63) is 107 Å². The average molecular weight is 499 g/mol. The molecule has 0 aliphatic carbocycles. The Morgan fingerprint density at radius 1 is 1.05 bits per heavy atom. The van der Waals surface area contributed by atoms with Gasteiger partial charge in [-0.25, -0.2) is 9.78 Å². The summed E-state index contributed by atoms with van der Waals surface area (Å²) in [6.45, 7) is 4.40. The Hall–Kier alpha value is -4.07. The molecule has 7 heteroatoms. The number of hydrogen-bond donors (Lipinski definition) is 1. The summed E-state index contributed by atoms with van der Waals surface area (Å²) in [6, 6.07) is 23.0. The predicted molar refractivity (Wildman–Crippen MR) is 143 cm³/mol. The highest BCUT2D eigenvalue weighted by Crippen LogP contribution is 2.20. The summed E-state index contributed by atoms with van der Waals surface area (Å²) in [5, 5.41) is 9.21. The van der Waals surface area contributed by atoms with Crippen LogP contribution in [0.5, 0.6) is 0 Å². The van der Waals surface area contributed by atoms with Gasteiger partial charge in [0.15, 0.2) is 11.9 Å². The van der Waals surface area contributed by atoms with E-state index in [9.17, 15) is 14.7 Å². The van der Waals surface area contributed by atoms with E-state index in [0.717, 1.165) is 27.7 Å². The molecule has 0 fully saturated rings. The van der Waals surface area contributed by atoms with Crippen molar-refractivity contribution >= 4 is 28.9 Å². The second kappa shape index (κ2) is 11.8. The van der Waals surface area contributed by atoms with Crippen LogP contribution in [0.3, 0.4) is 0 Å². The zero-order chi connectivity index (χ0) is 26.4. The number of allylic oxidation sites excluding steroid dienone is 1. The molecule has 0 saturated heterocycles. The van der Waals surface area contributed by atoms with E-state index in [-0.39, 0.29) is 12.4 Å². The van der Waals surface area contributed by atoms with Crippen LogP contribution in [-0.2, 0) is 27.4 Å². The summed E-state index contributed by atoms with van der Waals surface area (Å²) in [4.78, 5) is 29.2. The number of carboxylic acids is 1. The molecule has 4 rings (SSSR count). The van der Waals surface area contributed by atoms with Crippen LogP contribution >= 0.6 is 0 Å². The number of methoxy groups -OCH3 is 1. The minimum absolute atomic E-state index is 0.117. The van der Waals surface area contributed by atoms with Gasteiger partial charge < -0.3 is 19.1 Å². The summed E-state index contributed by atoms with van der Waals surface area (Å²) in [7, 11) is 1.35. The monoisotopic (exact) mass is 498 g/mol. The fourth-order valence-corrected chi connectivity index (χ4v) is 4.16. The molecule has 37 heavy (non-hydrogen) atoms. The van der Waals surface area contributed by atoms with Crippen molar-refractivity contribution in [2.45, 2.75) is 39.2 Å². The highest BCUT2D eigenvalue weighted by molar-refractivity contribution is 6.08. The fourth-order valence-electron chi connectivity index (χ4n) is 4.16. The normalized spacial score (nSPS) is 13.2. The van der Waals surface area contributed by atoms with E-state index in [2.05, 4.69) is 4.98 Å². The van der Waals surface area contributed by atoms with Gasteiger partial charge in [0, 0.05) is 19.2 Å². The van der Waals surface area contributed by atoms with Crippen molar-refractivity contribution in [2.24, 2.45) is 0 Å². The van der Waals surface area contributed by atoms with Crippen LogP contribution in [0, 0.1) is 6.92 Å². The number of rotatable bonds is 11. The smallest absolute Gasteiger partial charge is 0.335 e. The highest BCUT2D eigenvalue weighted by atomic mass is 16.5. The number of ether oxygens (including phenoxy) is 2. The lowest BCUT2D eigenvalue weighted by molar-refractivity contribution is -0.158. The number of para-hydroxylation sites is 2. The van der Waals surface area contributed by atoms with Gasteiger partial charge in [0.25, 0.3) is 0 Å². The van der Waals surface area contributed by atoms with E-state index in [4.69, 9.17) is 9.47 Å². The molecule has 3 aromatic carbocycles. The molecule has 7 nitrogen and oxygen atoms in total. The van der Waals surface area contributed by atoms with Gasteiger partial charge in [-0.3, -0.25) is 4.79 Å². The first-order chi connectivity index (χ1) is 17.9. The summed E-state index contributed by atoms with van der Waals surface area (Å²) in [6.07, 6.45) is 2.36. The number of carbonyl (C=O) groups is 2. The third kappa shape index (κ3) is 6.20. The topological polar surface area (TPSA) is 90.7 Å². The third-order valence-corrected chi connectivity index (χ3v) is 6.16. The highest BCUT2D eigenvalue weighted by Gasteiger charge is 2.25. The van der Waals surface area contributed by atoms with Crippen LogP contribution in [0.15, 0.2) is 78.9 Å². The SMILES string of the molecule is COC(C(=O)O)[C@@H](C)OCc1cccc(C=CCn2c(C(=O)c3ccc(C)cc3)nc3ccccc32)c1. The molecule has 0 radical (unpaired) electrons. The molecular weight excluding hydrogens is 468 g/mol. The number of aryl methyl sites for hydroxylation is 1. The summed E-state index contributed by atoms with van der Waals surface area (Å²) in [5.41, 5.74) is 5.24. The van der Waals surface area contributed by atoms with Gasteiger partial charge in [0.05, 0.1) is 23.7 Å². The van der Waals surface area contributed by atoms with E-state index in [1.54, 1.807) is 6.92 Å². The maximum atomic E-state index is 13.3. The molecule has 0 aliphatic rings. The zero-order valence-corrected chi connectivity index (χ0v) is 21.1. The lowest BCUT2D eigenvalue weighted by atomic mass is 10.1. The Bertz CT molecular complexity index is 1420. The maximum absolute atomic E-state index is 13.3. The summed E-state index contributed by atoms with van der Waals surface area (Å²) >= 11 is 0. The Kier molecular flexibility index (Phi) is 8.28. The van der Waals surface area contributed by atoms with Crippen LogP contribution < -0.4 is 0 Å². The molecule has 0 amide bonds. The Morgan fingerprint density at radius 2 is 1.81 bits per heavy atom. The van der Waals surface area contributed by atoms with E-state index in [1.165, 1.54) is 7.11 Å². The standard InChI is InChI=1S/C30H30N2O5/c1-20-13-15-24(16-14-20)27(33)29-31-25-11-4-5-12-26(25)32(29)17-7-10-22-8-6-9-23(18-22)19-37-21(2)28(36-3)30(34)35/h4-16,18,21,28H,17,19H2,1-3H3,(H,34,35)/t21-,28?/m1/s1. The molecule has 0 aliphatic heterocycles. The van der Waals surface area contributed by atoms with Crippen LogP contribution in [0.25, 0.3) is 17.1 Å². The largest absolute Gasteiger partial charge is 0.479 e. The van der Waals surface area contributed by atoms with Gasteiger partial charge in [-0.15, -0.1) is 0 Å². The third-order valence-electron chi connectivity index (χ3n) is 6.16. The molecule has 1 aromatic heterocycles. The first-order valence-electron chi connectivity index (χ1n) is 12.1. The Labute approximate surface area is 216 Å². The minimum Gasteiger partial charge on any atom is -0.479 e. The average Bonchev–Trinajstić information content (AvgIpc) is 3.26. The van der Waals surface area contributed by atoms with Gasteiger partial charge in [0.2, 0.25) is 5.78 Å². The first kappa shape index (κ1) is 26.0. The summed E-state index contributed by atoms with van der Waals surface area (Å²) in [5.74, 6) is -0.774. The van der Waals surface area contributed by atoms with Crippen LogP contribution in [0.4, 0.5) is 0 Å². The quantitative estimate of drug-likeness (QED) is 0.283. The summed E-state index contributed by atoms with van der Waals surface area (Å²) < 4.78 is 12.6. The van der Waals surface area contributed by atoms with Crippen molar-refractivity contribution < 1.29 is 24.2 Å². The zero-order valence-electron chi connectivity index (χ0n) is 21.1. The Morgan fingerprint density at radius 3 is 2.54 bits per heavy atom. The number of carboxylic acid groups (broad SMARTS) is 1. The van der Waals surface area contributed by atoms with Crippen molar-refractivity contribution in [3.63, 3.8) is 0 Å². The molecule has 190 valence electrons. The molecule has 4 aromatic rings. The molecule has 0 spiro atoms. The second-order valence-electron chi connectivity index (χ2n) is 8.89. The Balaban J connectivity index is 1.51. The number of aromatic nitrogens is 2. The van der Waals surface area contributed by atoms with E-state index < -0.39 is 18.2 Å². The second-order valence-corrected chi connectivity index (χ2v) is 8.89. The van der Waals surface area contributed by atoms with Gasteiger partial charge in [-0.05, 0) is 43.2 Å². The number of hydrogen-bond acceptors (Lipinski definition) is 5. The fraction of sp³-hybridized carbons (Fsp3) is 0.233. The number of benzene rings is 3. The van der Waals surface area contributed by atoms with Crippen molar-refractivity contribution in [2.75, 3.05) is 7.11 Å². The van der Waals surface area contributed by atoms with Crippen molar-refractivity contribution in [3.8, 4) is 0 Å². The van der Waals surface area contributed by atoms with Crippen LogP contribution in [-0.4, -0.2) is 45.7 Å². The number of nitrogens with zero attached hydrogens (tertiary/aromatic N) is 2. The van der Waals surface area contributed by atoms with Gasteiger partial charge in [-0.1, -0.05) is 72.3 Å². The number of imidazole rings is 1. The lowest BCUT2D eigenvalue weighted by Gasteiger charge is -2.19. The van der Waals surface area contributed by atoms with Gasteiger partial charge in [0.1, 0.15) is 0 Å².